The van der Waals surface area contributed by atoms with E-state index in [1.54, 1.807) is 30.3 Å². The molecule has 0 saturated heterocycles. The number of amides is 1. The zero-order valence-corrected chi connectivity index (χ0v) is 8.85. The third-order valence-corrected chi connectivity index (χ3v) is 2.06. The minimum atomic E-state index is -0.607. The smallest absolute Gasteiger partial charge is 0.269 e. The van der Waals surface area contributed by atoms with Gasteiger partial charge in [0.05, 0.1) is 0 Å². The number of aromatic nitrogens is 1. The Balaban J connectivity index is 1.97. The second-order valence-corrected chi connectivity index (χ2v) is 3.29. The van der Waals surface area contributed by atoms with Gasteiger partial charge in [-0.2, -0.15) is 4.39 Å². The summed E-state index contributed by atoms with van der Waals surface area (Å²) in [5.74, 6) is -0.671. The maximum absolute atomic E-state index is 12.8. The van der Waals surface area contributed by atoms with Gasteiger partial charge in [0.1, 0.15) is 5.82 Å². The first-order chi connectivity index (χ1) is 8.25. The zero-order valence-electron chi connectivity index (χ0n) is 8.85. The Hall–Kier alpha value is -2.43. The van der Waals surface area contributed by atoms with Gasteiger partial charge in [-0.05, 0) is 24.3 Å². The fourth-order valence-electron chi connectivity index (χ4n) is 1.26. The molecular weight excluding hydrogens is 221 g/mol. The van der Waals surface area contributed by atoms with Crippen molar-refractivity contribution in [1.29, 1.82) is 0 Å². The van der Waals surface area contributed by atoms with E-state index in [4.69, 9.17) is 0 Å². The van der Waals surface area contributed by atoms with Crippen LogP contribution in [0.1, 0.15) is 10.4 Å². The van der Waals surface area contributed by atoms with Crippen molar-refractivity contribution in [2.75, 3.05) is 5.43 Å². The summed E-state index contributed by atoms with van der Waals surface area (Å²) in [6, 6.07) is 13.0. The van der Waals surface area contributed by atoms with Crippen LogP contribution in [0.3, 0.4) is 0 Å². The van der Waals surface area contributed by atoms with E-state index in [-0.39, 0.29) is 11.7 Å². The van der Waals surface area contributed by atoms with Crippen LogP contribution in [0.5, 0.6) is 0 Å². The Labute approximate surface area is 97.5 Å². The second-order valence-electron chi connectivity index (χ2n) is 3.29. The highest BCUT2D eigenvalue weighted by Gasteiger charge is 2.03. The minimum absolute atomic E-state index is 0.245. The van der Waals surface area contributed by atoms with E-state index >= 15 is 0 Å². The normalized spacial score (nSPS) is 9.71. The van der Waals surface area contributed by atoms with E-state index in [1.165, 1.54) is 12.1 Å². The highest BCUT2D eigenvalue weighted by Crippen LogP contribution is 2.02. The van der Waals surface area contributed by atoms with E-state index in [2.05, 4.69) is 15.8 Å². The molecule has 0 radical (unpaired) electrons. The molecule has 2 N–H and O–H groups in total. The molecule has 5 heteroatoms. The molecule has 0 fully saturated rings. The Morgan fingerprint density at radius 3 is 2.53 bits per heavy atom. The Morgan fingerprint density at radius 2 is 1.82 bits per heavy atom. The number of hydrogen-bond acceptors (Lipinski definition) is 3. The molecule has 86 valence electrons. The second kappa shape index (κ2) is 5.07. The monoisotopic (exact) mass is 231 g/mol. The van der Waals surface area contributed by atoms with E-state index in [9.17, 15) is 9.18 Å². The van der Waals surface area contributed by atoms with Gasteiger partial charge in [-0.1, -0.05) is 24.3 Å². The average molecular weight is 231 g/mol. The van der Waals surface area contributed by atoms with Gasteiger partial charge in [-0.3, -0.25) is 15.6 Å². The van der Waals surface area contributed by atoms with Crippen LogP contribution in [-0.4, -0.2) is 10.9 Å². The fraction of sp³-hybridized carbons (Fsp3) is 0. The van der Waals surface area contributed by atoms with Crippen LogP contribution in [0, 0.1) is 5.95 Å². The van der Waals surface area contributed by atoms with Crippen LogP contribution in [0.15, 0.2) is 48.5 Å². The first kappa shape index (κ1) is 11.1. The van der Waals surface area contributed by atoms with Crippen molar-refractivity contribution in [3.05, 3.63) is 60.0 Å². The predicted octanol–water partition coefficient (Wildman–Crippen LogP) is 1.98. The van der Waals surface area contributed by atoms with Crippen LogP contribution >= 0.6 is 0 Å². The SMILES string of the molecule is O=C(NNc1cccc(F)n1)c1ccccc1. The standard InChI is InChI=1S/C12H10FN3O/c13-10-7-4-8-11(14-10)15-16-12(17)9-5-2-1-3-6-9/h1-8H,(H,14,15)(H,16,17). The summed E-state index contributed by atoms with van der Waals surface area (Å²) >= 11 is 0. The minimum Gasteiger partial charge on any atom is -0.282 e. The van der Waals surface area contributed by atoms with E-state index < -0.39 is 5.95 Å². The summed E-state index contributed by atoms with van der Waals surface area (Å²) in [5, 5.41) is 0. The molecule has 0 unspecified atom stereocenters. The third kappa shape index (κ3) is 3.01. The number of carbonyl (C=O) groups is 1. The molecule has 1 aromatic heterocycles. The molecule has 0 atom stereocenters. The number of nitrogens with zero attached hydrogens (tertiary/aromatic N) is 1. The van der Waals surface area contributed by atoms with Gasteiger partial charge in [-0.15, -0.1) is 0 Å². The topological polar surface area (TPSA) is 54.0 Å². The van der Waals surface area contributed by atoms with E-state index in [0.29, 0.717) is 5.56 Å². The van der Waals surface area contributed by atoms with Crippen LogP contribution in [-0.2, 0) is 0 Å². The maximum Gasteiger partial charge on any atom is 0.269 e. The molecule has 0 aliphatic rings. The van der Waals surface area contributed by atoms with Crippen LogP contribution < -0.4 is 10.9 Å². The van der Waals surface area contributed by atoms with Crippen LogP contribution in [0.4, 0.5) is 10.2 Å². The van der Waals surface area contributed by atoms with Gasteiger partial charge < -0.3 is 0 Å². The van der Waals surface area contributed by atoms with Crippen LogP contribution in [0.25, 0.3) is 0 Å². The summed E-state index contributed by atoms with van der Waals surface area (Å²) in [5.41, 5.74) is 5.47. The molecule has 0 aliphatic carbocycles. The van der Waals surface area contributed by atoms with Gasteiger partial charge in [0.2, 0.25) is 5.95 Å². The van der Waals surface area contributed by atoms with Crippen molar-refractivity contribution >= 4 is 11.7 Å². The molecule has 4 nitrogen and oxygen atoms in total. The van der Waals surface area contributed by atoms with E-state index in [0.717, 1.165) is 0 Å². The molecule has 0 spiro atoms. The van der Waals surface area contributed by atoms with Crippen molar-refractivity contribution in [1.82, 2.24) is 10.4 Å². The summed E-state index contributed by atoms with van der Waals surface area (Å²) in [6.07, 6.45) is 0. The summed E-state index contributed by atoms with van der Waals surface area (Å²) in [7, 11) is 0. The number of rotatable bonds is 3. The number of halogens is 1. The maximum atomic E-state index is 12.8. The molecule has 1 heterocycles. The van der Waals surface area contributed by atoms with Crippen LogP contribution in [0.2, 0.25) is 0 Å². The van der Waals surface area contributed by atoms with Crippen molar-refractivity contribution in [2.45, 2.75) is 0 Å². The molecule has 2 rings (SSSR count). The van der Waals surface area contributed by atoms with Gasteiger partial charge in [0, 0.05) is 5.56 Å². The first-order valence-electron chi connectivity index (χ1n) is 5.00. The number of hydrogen-bond donors (Lipinski definition) is 2. The van der Waals surface area contributed by atoms with Gasteiger partial charge in [0.15, 0.2) is 0 Å². The lowest BCUT2D eigenvalue weighted by molar-refractivity contribution is 0.0962. The third-order valence-electron chi connectivity index (χ3n) is 2.06. The quantitative estimate of drug-likeness (QED) is 0.627. The van der Waals surface area contributed by atoms with Gasteiger partial charge in [-0.25, -0.2) is 4.98 Å². The molecule has 2 aromatic rings. The lowest BCUT2D eigenvalue weighted by Gasteiger charge is -2.07. The fourth-order valence-corrected chi connectivity index (χ4v) is 1.26. The van der Waals surface area contributed by atoms with Gasteiger partial charge >= 0.3 is 0 Å². The number of carbonyl (C=O) groups excluding carboxylic acids is 1. The Bertz CT molecular complexity index is 516. The predicted molar refractivity (Wildman–Crippen MR) is 61.7 cm³/mol. The summed E-state index contributed by atoms with van der Waals surface area (Å²) in [4.78, 5) is 15.2. The highest BCUT2D eigenvalue weighted by molar-refractivity contribution is 5.94. The van der Waals surface area contributed by atoms with Crippen molar-refractivity contribution < 1.29 is 9.18 Å². The lowest BCUT2D eigenvalue weighted by atomic mass is 10.2. The van der Waals surface area contributed by atoms with Gasteiger partial charge in [0.25, 0.3) is 5.91 Å². The number of hydrazine groups is 1. The number of benzene rings is 1. The lowest BCUT2D eigenvalue weighted by Crippen LogP contribution is -2.29. The molecular formula is C12H10FN3O. The Morgan fingerprint density at radius 1 is 1.06 bits per heavy atom. The highest BCUT2D eigenvalue weighted by atomic mass is 19.1. The summed E-state index contributed by atoms with van der Waals surface area (Å²) in [6.45, 7) is 0. The molecule has 0 bridgehead atoms. The molecule has 0 saturated carbocycles. The molecule has 1 amide bonds. The largest absolute Gasteiger partial charge is 0.282 e. The summed E-state index contributed by atoms with van der Waals surface area (Å²) < 4.78 is 12.8. The molecule has 0 aliphatic heterocycles. The van der Waals surface area contributed by atoms with Crippen molar-refractivity contribution in [3.8, 4) is 0 Å². The first-order valence-corrected chi connectivity index (χ1v) is 5.00. The zero-order chi connectivity index (χ0) is 12.1. The number of anilines is 1. The number of nitrogens with one attached hydrogen (secondary N) is 2. The molecule has 1 aromatic carbocycles. The average Bonchev–Trinajstić information content (AvgIpc) is 2.37. The van der Waals surface area contributed by atoms with Crippen molar-refractivity contribution in [2.24, 2.45) is 0 Å². The number of pyridine rings is 1. The Kier molecular flexibility index (Phi) is 3.30. The van der Waals surface area contributed by atoms with E-state index in [1.807, 2.05) is 6.07 Å². The molecule has 17 heavy (non-hydrogen) atoms. The van der Waals surface area contributed by atoms with Crippen molar-refractivity contribution in [3.63, 3.8) is 0 Å².